The van der Waals surface area contributed by atoms with Gasteiger partial charge in [-0.1, -0.05) is 31.2 Å². The average molecular weight is 595 g/mol. The number of aliphatic hydroxyl groups is 1. The lowest BCUT2D eigenvalue weighted by molar-refractivity contribution is -0.129. The van der Waals surface area contributed by atoms with Gasteiger partial charge in [0.25, 0.3) is 11.8 Å². The summed E-state index contributed by atoms with van der Waals surface area (Å²) in [5, 5.41) is 11.1. The zero-order valence-electron chi connectivity index (χ0n) is 25.3. The van der Waals surface area contributed by atoms with Crippen molar-refractivity contribution in [3.05, 3.63) is 106 Å². The largest absolute Gasteiger partial charge is 0.390 e. The molecule has 0 saturated heterocycles. The van der Waals surface area contributed by atoms with E-state index in [1.807, 2.05) is 31.2 Å². The molecular weight excluding hydrogens is 554 g/mol. The Hall–Kier alpha value is -4.15. The number of carbonyl (C=O) groups excluding carboxylic acids is 3. The second-order valence-electron chi connectivity index (χ2n) is 11.1. The van der Waals surface area contributed by atoms with Crippen LogP contribution in [0.25, 0.3) is 0 Å². The third-order valence-corrected chi connectivity index (χ3v) is 7.14. The van der Waals surface area contributed by atoms with Crippen molar-refractivity contribution >= 4 is 17.7 Å². The van der Waals surface area contributed by atoms with E-state index >= 15 is 0 Å². The molecule has 0 heterocycles. The van der Waals surface area contributed by atoms with Crippen LogP contribution in [0.15, 0.2) is 60.7 Å². The summed E-state index contributed by atoms with van der Waals surface area (Å²) in [7, 11) is 4.72. The molecule has 3 N–H and O–H groups in total. The third-order valence-electron chi connectivity index (χ3n) is 7.14. The number of nitrogens with zero attached hydrogens (tertiary/aromatic N) is 3. The highest BCUT2D eigenvalue weighted by molar-refractivity contribution is 6.01. The van der Waals surface area contributed by atoms with Gasteiger partial charge >= 0.3 is 0 Å². The molecule has 2 atom stereocenters. The van der Waals surface area contributed by atoms with Crippen LogP contribution >= 0.6 is 0 Å². The average Bonchev–Trinajstić information content (AvgIpc) is 2.94. The Balaban J connectivity index is 1.90. The number of hydrogen-bond acceptors (Lipinski definition) is 5. The van der Waals surface area contributed by atoms with Crippen LogP contribution in [0.1, 0.15) is 49.9 Å². The zero-order chi connectivity index (χ0) is 31.8. The van der Waals surface area contributed by atoms with Gasteiger partial charge in [-0.3, -0.25) is 14.4 Å². The molecule has 0 aliphatic carbocycles. The Morgan fingerprint density at radius 1 is 0.860 bits per heavy atom. The lowest BCUT2D eigenvalue weighted by Gasteiger charge is -2.29. The number of rotatable bonds is 12. The first kappa shape index (κ1) is 33.4. The number of benzene rings is 3. The Labute approximate surface area is 251 Å². The first-order valence-electron chi connectivity index (χ1n) is 14.1. The number of aryl methyl sites for hydroxylation is 2. The lowest BCUT2D eigenvalue weighted by atomic mass is 10.00. The van der Waals surface area contributed by atoms with Crippen LogP contribution in [0, 0.1) is 18.6 Å². The SMILES string of the molecule is CCc1cccc(CN(C[C@@H](O)[C@@H](N)Cc2cc(F)cc(F)c2)C(=O)c2cc(C)cc(C(=O)N(C)CC(=O)N(C)C)c2)c1. The molecule has 3 aromatic rings. The molecule has 3 amide bonds. The molecule has 0 aliphatic rings. The van der Waals surface area contributed by atoms with E-state index in [9.17, 15) is 28.3 Å². The maximum atomic E-state index is 14.0. The van der Waals surface area contributed by atoms with Crippen molar-refractivity contribution in [1.29, 1.82) is 0 Å². The van der Waals surface area contributed by atoms with Gasteiger partial charge in [0.15, 0.2) is 0 Å². The molecule has 3 rings (SSSR count). The van der Waals surface area contributed by atoms with Crippen molar-refractivity contribution in [2.75, 3.05) is 34.2 Å². The van der Waals surface area contributed by atoms with E-state index in [2.05, 4.69) is 0 Å². The van der Waals surface area contributed by atoms with Crippen LogP contribution in [0.4, 0.5) is 8.78 Å². The molecule has 0 aromatic heterocycles. The normalized spacial score (nSPS) is 12.4. The van der Waals surface area contributed by atoms with E-state index in [0.717, 1.165) is 35.7 Å². The van der Waals surface area contributed by atoms with E-state index in [4.69, 9.17) is 5.73 Å². The predicted molar refractivity (Wildman–Crippen MR) is 161 cm³/mol. The van der Waals surface area contributed by atoms with Crippen LogP contribution in [-0.2, 0) is 24.2 Å². The molecule has 0 unspecified atom stereocenters. The minimum Gasteiger partial charge on any atom is -0.390 e. The first-order valence-corrected chi connectivity index (χ1v) is 14.1. The van der Waals surface area contributed by atoms with Gasteiger partial charge < -0.3 is 25.5 Å². The molecule has 0 spiro atoms. The van der Waals surface area contributed by atoms with Gasteiger partial charge in [0, 0.05) is 57.5 Å². The van der Waals surface area contributed by atoms with Crippen molar-refractivity contribution in [3.63, 3.8) is 0 Å². The second-order valence-corrected chi connectivity index (χ2v) is 11.1. The van der Waals surface area contributed by atoms with E-state index in [1.54, 1.807) is 33.2 Å². The maximum Gasteiger partial charge on any atom is 0.254 e. The number of likely N-dealkylation sites (N-methyl/N-ethyl adjacent to an activating group) is 2. The molecule has 230 valence electrons. The van der Waals surface area contributed by atoms with Crippen molar-refractivity contribution in [3.8, 4) is 0 Å². The molecule has 0 saturated carbocycles. The van der Waals surface area contributed by atoms with Gasteiger partial charge in [-0.2, -0.15) is 0 Å². The minimum absolute atomic E-state index is 0.00963. The molecule has 0 fully saturated rings. The van der Waals surface area contributed by atoms with Crippen LogP contribution in [0.5, 0.6) is 0 Å². The van der Waals surface area contributed by atoms with Gasteiger partial charge in [0.2, 0.25) is 5.91 Å². The summed E-state index contributed by atoms with van der Waals surface area (Å²) in [6.07, 6.45) is -0.435. The summed E-state index contributed by atoms with van der Waals surface area (Å²) in [4.78, 5) is 43.4. The summed E-state index contributed by atoms with van der Waals surface area (Å²) < 4.78 is 27.4. The highest BCUT2D eigenvalue weighted by atomic mass is 19.1. The Bertz CT molecular complexity index is 1440. The van der Waals surface area contributed by atoms with E-state index in [-0.39, 0.29) is 48.7 Å². The fourth-order valence-corrected chi connectivity index (χ4v) is 4.73. The van der Waals surface area contributed by atoms with Crippen molar-refractivity contribution in [1.82, 2.24) is 14.7 Å². The van der Waals surface area contributed by atoms with Crippen molar-refractivity contribution < 1.29 is 28.3 Å². The van der Waals surface area contributed by atoms with E-state index in [0.29, 0.717) is 5.56 Å². The molecule has 0 bridgehead atoms. The number of halogens is 2. The Morgan fingerprint density at radius 2 is 1.47 bits per heavy atom. The number of nitrogens with two attached hydrogens (primary N) is 1. The first-order chi connectivity index (χ1) is 20.3. The van der Waals surface area contributed by atoms with Gasteiger partial charge in [-0.15, -0.1) is 0 Å². The van der Waals surface area contributed by atoms with Gasteiger partial charge in [-0.05, 0) is 72.4 Å². The number of carbonyl (C=O) groups is 3. The lowest BCUT2D eigenvalue weighted by Crippen LogP contribution is -2.46. The predicted octanol–water partition coefficient (Wildman–Crippen LogP) is 3.57. The minimum atomic E-state index is -1.22. The van der Waals surface area contributed by atoms with E-state index in [1.165, 1.54) is 27.8 Å². The second kappa shape index (κ2) is 14.8. The van der Waals surface area contributed by atoms with E-state index < -0.39 is 35.6 Å². The molecule has 0 radical (unpaired) electrons. The number of hydrogen-bond donors (Lipinski definition) is 2. The van der Waals surface area contributed by atoms with Crippen LogP contribution < -0.4 is 5.73 Å². The standard InChI is InChI=1S/C33H40F2N4O4/c1-6-22-8-7-9-23(12-22)18-39(19-30(40)29(36)15-24-13-27(34)17-28(35)14-24)33(43)26-11-21(2)10-25(16-26)32(42)38(5)20-31(41)37(3)4/h7-14,16-17,29-30,40H,6,15,18-20,36H2,1-5H3/t29-,30+/m0/s1. The topological polar surface area (TPSA) is 107 Å². The summed E-state index contributed by atoms with van der Waals surface area (Å²) in [5.41, 5.74) is 9.59. The summed E-state index contributed by atoms with van der Waals surface area (Å²) >= 11 is 0. The quantitative estimate of drug-likeness (QED) is 0.334. The Kier molecular flexibility index (Phi) is 11.5. The third kappa shape index (κ3) is 9.42. The smallest absolute Gasteiger partial charge is 0.254 e. The van der Waals surface area contributed by atoms with Crippen LogP contribution in [-0.4, -0.2) is 83.9 Å². The monoisotopic (exact) mass is 594 g/mol. The highest BCUT2D eigenvalue weighted by Crippen LogP contribution is 2.19. The maximum absolute atomic E-state index is 14.0. The molecular formula is C33H40F2N4O4. The number of aliphatic hydroxyl groups excluding tert-OH is 1. The van der Waals surface area contributed by atoms with Crippen molar-refractivity contribution in [2.24, 2.45) is 5.73 Å². The fourth-order valence-electron chi connectivity index (χ4n) is 4.73. The van der Waals surface area contributed by atoms with Crippen LogP contribution in [0.2, 0.25) is 0 Å². The van der Waals surface area contributed by atoms with Gasteiger partial charge in [0.1, 0.15) is 11.6 Å². The zero-order valence-corrected chi connectivity index (χ0v) is 25.3. The van der Waals surface area contributed by atoms with Gasteiger partial charge in [0.05, 0.1) is 12.6 Å². The van der Waals surface area contributed by atoms with Crippen molar-refractivity contribution in [2.45, 2.75) is 45.4 Å². The summed E-state index contributed by atoms with van der Waals surface area (Å²) in [5.74, 6) is -2.59. The summed E-state index contributed by atoms with van der Waals surface area (Å²) in [6.45, 7) is 3.65. The molecule has 10 heteroatoms. The van der Waals surface area contributed by atoms with Crippen LogP contribution in [0.3, 0.4) is 0 Å². The molecule has 8 nitrogen and oxygen atoms in total. The molecule has 0 aliphatic heterocycles. The Morgan fingerprint density at radius 3 is 2.07 bits per heavy atom. The summed E-state index contributed by atoms with van der Waals surface area (Å²) in [6, 6.07) is 14.7. The number of amides is 3. The molecule has 43 heavy (non-hydrogen) atoms. The molecule has 3 aromatic carbocycles. The fraction of sp³-hybridized carbons (Fsp3) is 0.364. The highest BCUT2D eigenvalue weighted by Gasteiger charge is 2.26. The van der Waals surface area contributed by atoms with Gasteiger partial charge in [-0.25, -0.2) is 8.78 Å².